The molecule has 0 bridgehead atoms. The van der Waals surface area contributed by atoms with Gasteiger partial charge in [0.1, 0.15) is 11.4 Å². The number of anilines is 2. The summed E-state index contributed by atoms with van der Waals surface area (Å²) in [6.45, 7) is 0. The van der Waals surface area contributed by atoms with Gasteiger partial charge in [0.15, 0.2) is 0 Å². The molecule has 2 aromatic rings. The summed E-state index contributed by atoms with van der Waals surface area (Å²) >= 11 is 11.7. The Labute approximate surface area is 140 Å². The summed E-state index contributed by atoms with van der Waals surface area (Å²) in [5.41, 5.74) is -1.02. The quantitative estimate of drug-likeness (QED) is 0.535. The van der Waals surface area contributed by atoms with Crippen molar-refractivity contribution in [3.05, 3.63) is 54.5 Å². The molecule has 0 unspecified atom stereocenters. The van der Waals surface area contributed by atoms with Crippen LogP contribution in [0.4, 0.5) is 22.7 Å². The number of benzene rings is 2. The van der Waals surface area contributed by atoms with Gasteiger partial charge in [0.25, 0.3) is 11.4 Å². The molecule has 0 amide bonds. The van der Waals surface area contributed by atoms with Crippen LogP contribution in [0.25, 0.3) is 0 Å². The molecule has 0 aromatic heterocycles. The molecule has 1 aliphatic rings. The molecule has 3 rings (SSSR count). The molecule has 0 fully saturated rings. The van der Waals surface area contributed by atoms with E-state index in [1.165, 1.54) is 12.1 Å². The molecule has 118 valence electrons. The van der Waals surface area contributed by atoms with Gasteiger partial charge in [0.05, 0.1) is 30.4 Å². The average molecular weight is 374 g/mol. The summed E-state index contributed by atoms with van der Waals surface area (Å²) in [6, 6.07) is 4.78. The van der Waals surface area contributed by atoms with Gasteiger partial charge >= 0.3 is 0 Å². The van der Waals surface area contributed by atoms with E-state index in [0.29, 0.717) is 0 Å². The van der Waals surface area contributed by atoms with Crippen LogP contribution in [0.5, 0.6) is 0 Å². The molecule has 23 heavy (non-hydrogen) atoms. The maximum Gasteiger partial charge on any atom is 0.295 e. The standard InChI is InChI=1S/C12H5Cl2N3O5S/c13-5-1-7(16(18)19)11-9(3-5)23(22)10-4-6(14)2-8(17(20)21)12(10)15-11/h1-4,15H. The van der Waals surface area contributed by atoms with Gasteiger partial charge in [-0.3, -0.25) is 20.2 Å². The Kier molecular flexibility index (Phi) is 3.71. The number of hydrogen-bond acceptors (Lipinski definition) is 6. The third-order valence-corrected chi connectivity index (χ3v) is 5.01. The first-order valence-electron chi connectivity index (χ1n) is 5.94. The molecule has 0 atom stereocenters. The van der Waals surface area contributed by atoms with Crippen molar-refractivity contribution in [1.82, 2.24) is 0 Å². The average Bonchev–Trinajstić information content (AvgIpc) is 2.47. The van der Waals surface area contributed by atoms with Crippen LogP contribution in [0.1, 0.15) is 0 Å². The van der Waals surface area contributed by atoms with Gasteiger partial charge in [0, 0.05) is 22.2 Å². The van der Waals surface area contributed by atoms with Crippen LogP contribution in [0, 0.1) is 20.2 Å². The lowest BCUT2D eigenvalue weighted by atomic mass is 10.2. The predicted molar refractivity (Wildman–Crippen MR) is 84.2 cm³/mol. The van der Waals surface area contributed by atoms with Gasteiger partial charge in [-0.25, -0.2) is 4.21 Å². The maximum atomic E-state index is 12.7. The number of nitro groups is 2. The van der Waals surface area contributed by atoms with E-state index >= 15 is 0 Å². The van der Waals surface area contributed by atoms with Crippen LogP contribution < -0.4 is 5.32 Å². The zero-order chi connectivity index (χ0) is 16.9. The van der Waals surface area contributed by atoms with Crippen LogP contribution >= 0.6 is 23.2 Å². The Hall–Kier alpha value is -2.23. The molecule has 2 aromatic carbocycles. The van der Waals surface area contributed by atoms with Crippen molar-refractivity contribution >= 4 is 56.8 Å². The van der Waals surface area contributed by atoms with E-state index in [9.17, 15) is 24.4 Å². The first kappa shape index (κ1) is 15.7. The molecular weight excluding hydrogens is 369 g/mol. The summed E-state index contributed by atoms with van der Waals surface area (Å²) in [4.78, 5) is 21.1. The lowest BCUT2D eigenvalue weighted by Crippen LogP contribution is -2.12. The van der Waals surface area contributed by atoms with Gasteiger partial charge in [-0.2, -0.15) is 0 Å². The molecule has 0 saturated carbocycles. The fourth-order valence-corrected chi connectivity index (χ4v) is 4.15. The topological polar surface area (TPSA) is 115 Å². The van der Waals surface area contributed by atoms with Gasteiger partial charge in [-0.15, -0.1) is 0 Å². The molecular formula is C12H5Cl2N3O5S. The lowest BCUT2D eigenvalue weighted by Gasteiger charge is -2.20. The smallest absolute Gasteiger partial charge is 0.295 e. The Bertz CT molecular complexity index is 847. The Morgan fingerprint density at radius 2 is 1.26 bits per heavy atom. The molecule has 8 nitrogen and oxygen atoms in total. The second-order valence-electron chi connectivity index (χ2n) is 4.50. The highest BCUT2D eigenvalue weighted by Gasteiger charge is 2.34. The molecule has 1 N–H and O–H groups in total. The van der Waals surface area contributed by atoms with Crippen molar-refractivity contribution in [1.29, 1.82) is 0 Å². The normalized spacial score (nSPS) is 13.0. The molecule has 1 aliphatic heterocycles. The van der Waals surface area contributed by atoms with Gasteiger partial charge in [-0.1, -0.05) is 23.2 Å². The number of fused-ring (bicyclic) bond motifs is 2. The van der Waals surface area contributed by atoms with Crippen molar-refractivity contribution < 1.29 is 14.1 Å². The van der Waals surface area contributed by atoms with Gasteiger partial charge in [0.2, 0.25) is 0 Å². The number of nitrogens with zero attached hydrogens (tertiary/aromatic N) is 2. The zero-order valence-corrected chi connectivity index (χ0v) is 13.2. The van der Waals surface area contributed by atoms with Gasteiger partial charge in [-0.05, 0) is 12.1 Å². The van der Waals surface area contributed by atoms with E-state index in [0.717, 1.165) is 12.1 Å². The van der Waals surface area contributed by atoms with E-state index < -0.39 is 32.0 Å². The van der Waals surface area contributed by atoms with E-state index in [1.54, 1.807) is 0 Å². The number of hydrogen-bond donors (Lipinski definition) is 1. The van der Waals surface area contributed by atoms with Crippen molar-refractivity contribution in [3.63, 3.8) is 0 Å². The minimum Gasteiger partial charge on any atom is -0.342 e. The second-order valence-corrected chi connectivity index (χ2v) is 6.79. The monoisotopic (exact) mass is 373 g/mol. The van der Waals surface area contributed by atoms with Crippen molar-refractivity contribution in [2.45, 2.75) is 9.79 Å². The first-order chi connectivity index (χ1) is 10.8. The highest BCUT2D eigenvalue weighted by atomic mass is 35.5. The Balaban J connectivity index is 2.33. The summed E-state index contributed by atoms with van der Waals surface area (Å²) in [5, 5.41) is 25.0. The molecule has 0 spiro atoms. The minimum atomic E-state index is -1.90. The molecule has 1 heterocycles. The summed E-state index contributed by atoms with van der Waals surface area (Å²) < 4.78 is 12.7. The third-order valence-electron chi connectivity index (χ3n) is 3.14. The van der Waals surface area contributed by atoms with E-state index in [4.69, 9.17) is 23.2 Å². The Morgan fingerprint density at radius 3 is 1.61 bits per heavy atom. The number of rotatable bonds is 2. The first-order valence-corrected chi connectivity index (χ1v) is 7.85. The predicted octanol–water partition coefficient (Wildman–Crippen LogP) is 4.03. The highest BCUT2D eigenvalue weighted by molar-refractivity contribution is 7.85. The van der Waals surface area contributed by atoms with E-state index in [2.05, 4.69) is 5.32 Å². The maximum absolute atomic E-state index is 12.7. The summed E-state index contributed by atoms with van der Waals surface area (Å²) in [5.74, 6) is 0. The van der Waals surface area contributed by atoms with E-state index in [1.807, 2.05) is 0 Å². The lowest BCUT2D eigenvalue weighted by molar-refractivity contribution is -0.384. The minimum absolute atomic E-state index is 0.0329. The van der Waals surface area contributed by atoms with Crippen molar-refractivity contribution in [3.8, 4) is 0 Å². The SMILES string of the molecule is O=[N+]([O-])c1cc(Cl)cc2c1Nc1c([N+](=O)[O-])cc(Cl)cc1S2=O. The second kappa shape index (κ2) is 5.44. The highest BCUT2D eigenvalue weighted by Crippen LogP contribution is 2.47. The molecule has 11 heteroatoms. The molecule has 0 aliphatic carbocycles. The number of halogens is 2. The molecule has 0 radical (unpaired) electrons. The van der Waals surface area contributed by atoms with Crippen LogP contribution in [0.3, 0.4) is 0 Å². The van der Waals surface area contributed by atoms with Crippen LogP contribution in [0.2, 0.25) is 10.0 Å². The summed E-state index contributed by atoms with van der Waals surface area (Å²) in [7, 11) is -1.90. The van der Waals surface area contributed by atoms with Crippen molar-refractivity contribution in [2.75, 3.05) is 5.32 Å². The fraction of sp³-hybridized carbons (Fsp3) is 0. The van der Waals surface area contributed by atoms with E-state index in [-0.39, 0.29) is 31.2 Å². The largest absolute Gasteiger partial charge is 0.342 e. The van der Waals surface area contributed by atoms with Crippen LogP contribution in [-0.2, 0) is 10.8 Å². The van der Waals surface area contributed by atoms with Crippen LogP contribution in [0.15, 0.2) is 34.1 Å². The number of nitrogens with one attached hydrogen (secondary N) is 1. The summed E-state index contributed by atoms with van der Waals surface area (Å²) in [6.07, 6.45) is 0. The van der Waals surface area contributed by atoms with Crippen LogP contribution in [-0.4, -0.2) is 14.1 Å². The fourth-order valence-electron chi connectivity index (χ4n) is 2.21. The van der Waals surface area contributed by atoms with Crippen molar-refractivity contribution in [2.24, 2.45) is 0 Å². The number of nitro benzene ring substituents is 2. The van der Waals surface area contributed by atoms with Gasteiger partial charge < -0.3 is 5.32 Å². The molecule has 0 saturated heterocycles. The third kappa shape index (κ3) is 2.52. The zero-order valence-electron chi connectivity index (χ0n) is 10.9. The Morgan fingerprint density at radius 1 is 0.870 bits per heavy atom.